The van der Waals surface area contributed by atoms with E-state index in [2.05, 4.69) is 34.0 Å². The minimum absolute atomic E-state index is 0.0235. The van der Waals surface area contributed by atoms with Crippen LogP contribution in [0, 0.1) is 0 Å². The van der Waals surface area contributed by atoms with Crippen molar-refractivity contribution in [1.82, 2.24) is 14.9 Å². The maximum Gasteiger partial charge on any atom is 0.251 e. The third-order valence-corrected chi connectivity index (χ3v) is 7.00. The van der Waals surface area contributed by atoms with Gasteiger partial charge in [0, 0.05) is 37.8 Å². The average Bonchev–Trinajstić information content (AvgIpc) is 3.56. The number of sulfonamides is 1. The number of nitrogens with zero attached hydrogens (tertiary/aromatic N) is 1. The minimum atomic E-state index is -3.59. The molecule has 0 aromatic heterocycles. The Balaban J connectivity index is 1.36. The van der Waals surface area contributed by atoms with E-state index in [4.69, 9.17) is 4.74 Å². The van der Waals surface area contributed by atoms with Crippen molar-refractivity contribution < 1.29 is 17.9 Å². The van der Waals surface area contributed by atoms with E-state index in [-0.39, 0.29) is 22.9 Å². The first-order valence-corrected chi connectivity index (χ1v) is 12.2. The Labute approximate surface area is 183 Å². The van der Waals surface area contributed by atoms with Gasteiger partial charge in [-0.2, -0.15) is 0 Å². The van der Waals surface area contributed by atoms with Gasteiger partial charge in [-0.05, 0) is 49.1 Å². The molecule has 0 spiro atoms. The summed E-state index contributed by atoms with van der Waals surface area (Å²) in [4.78, 5) is 15.1. The van der Waals surface area contributed by atoms with Crippen LogP contribution in [0.2, 0.25) is 0 Å². The van der Waals surface area contributed by atoms with Crippen molar-refractivity contribution in [3.63, 3.8) is 0 Å². The molecule has 1 saturated carbocycles. The second-order valence-electron chi connectivity index (χ2n) is 8.34. The number of hydrogen-bond donors (Lipinski definition) is 2. The molecule has 2 aromatic rings. The molecule has 2 fully saturated rings. The van der Waals surface area contributed by atoms with Crippen LogP contribution < -0.4 is 10.0 Å². The van der Waals surface area contributed by atoms with Gasteiger partial charge in [0.05, 0.1) is 17.6 Å². The van der Waals surface area contributed by atoms with Gasteiger partial charge in [0.15, 0.2) is 0 Å². The van der Waals surface area contributed by atoms with Crippen molar-refractivity contribution >= 4 is 15.9 Å². The van der Waals surface area contributed by atoms with Crippen LogP contribution in [0.1, 0.15) is 41.3 Å². The molecule has 0 radical (unpaired) electrons. The summed E-state index contributed by atoms with van der Waals surface area (Å²) in [6.45, 7) is 5.89. The standard InChI is InChI=1S/C23H29N3O4S/c1-17-15-26(10-11-30-17)16-19-5-2-4-18(12-19)14-24-23(27)20-6-3-7-22(13-20)31(28,29)25-21-8-9-21/h2-7,12-13,17,21,25H,8-11,14-16H2,1H3,(H,24,27). The Morgan fingerprint density at radius 2 is 1.90 bits per heavy atom. The molecule has 1 heterocycles. The smallest absolute Gasteiger partial charge is 0.251 e. The molecule has 4 rings (SSSR count). The lowest BCUT2D eigenvalue weighted by Crippen LogP contribution is -2.40. The fourth-order valence-electron chi connectivity index (χ4n) is 3.71. The van der Waals surface area contributed by atoms with Crippen molar-refractivity contribution in [2.75, 3.05) is 19.7 Å². The number of nitrogens with one attached hydrogen (secondary N) is 2. The van der Waals surface area contributed by atoms with Crippen molar-refractivity contribution in [2.45, 2.75) is 49.9 Å². The van der Waals surface area contributed by atoms with E-state index in [9.17, 15) is 13.2 Å². The van der Waals surface area contributed by atoms with Gasteiger partial charge in [0.2, 0.25) is 10.0 Å². The van der Waals surface area contributed by atoms with Gasteiger partial charge < -0.3 is 10.1 Å². The van der Waals surface area contributed by atoms with Crippen LogP contribution in [0.25, 0.3) is 0 Å². The molecule has 1 aliphatic carbocycles. The summed E-state index contributed by atoms with van der Waals surface area (Å²) in [7, 11) is -3.59. The fraction of sp³-hybridized carbons (Fsp3) is 0.435. The van der Waals surface area contributed by atoms with Crippen LogP contribution in [0.4, 0.5) is 0 Å². The maximum absolute atomic E-state index is 12.6. The first-order valence-electron chi connectivity index (χ1n) is 10.7. The lowest BCUT2D eigenvalue weighted by Gasteiger charge is -2.31. The van der Waals surface area contributed by atoms with Crippen LogP contribution in [0.5, 0.6) is 0 Å². The first kappa shape index (κ1) is 22.0. The largest absolute Gasteiger partial charge is 0.376 e. The van der Waals surface area contributed by atoms with Gasteiger partial charge in [-0.3, -0.25) is 9.69 Å². The normalized spacial score (nSPS) is 19.8. The maximum atomic E-state index is 12.6. The van der Waals surface area contributed by atoms with E-state index in [1.807, 2.05) is 12.1 Å². The topological polar surface area (TPSA) is 87.7 Å². The molecule has 0 bridgehead atoms. The number of hydrogen-bond acceptors (Lipinski definition) is 5. The summed E-state index contributed by atoms with van der Waals surface area (Å²) in [5.41, 5.74) is 2.53. The molecule has 166 valence electrons. The fourth-order valence-corrected chi connectivity index (χ4v) is 5.06. The highest BCUT2D eigenvalue weighted by molar-refractivity contribution is 7.89. The zero-order valence-corrected chi connectivity index (χ0v) is 18.5. The van der Waals surface area contributed by atoms with Crippen molar-refractivity contribution in [2.24, 2.45) is 0 Å². The molecular weight excluding hydrogens is 414 g/mol. The predicted octanol–water partition coefficient (Wildman–Crippen LogP) is 2.28. The highest BCUT2D eigenvalue weighted by Crippen LogP contribution is 2.22. The number of amides is 1. The second-order valence-corrected chi connectivity index (χ2v) is 10.1. The van der Waals surface area contributed by atoms with E-state index in [0.717, 1.165) is 44.6 Å². The second kappa shape index (κ2) is 9.48. The highest BCUT2D eigenvalue weighted by Gasteiger charge is 2.28. The van der Waals surface area contributed by atoms with Gasteiger partial charge in [0.1, 0.15) is 0 Å². The Kier molecular flexibility index (Phi) is 6.71. The van der Waals surface area contributed by atoms with Crippen LogP contribution >= 0.6 is 0 Å². The van der Waals surface area contributed by atoms with Crippen LogP contribution in [-0.4, -0.2) is 51.1 Å². The van der Waals surface area contributed by atoms with E-state index < -0.39 is 10.0 Å². The Bertz CT molecular complexity index is 1040. The zero-order valence-electron chi connectivity index (χ0n) is 17.7. The Hall–Kier alpha value is -2.26. The van der Waals surface area contributed by atoms with Crippen LogP contribution in [0.15, 0.2) is 53.4 Å². The van der Waals surface area contributed by atoms with Gasteiger partial charge in [-0.15, -0.1) is 0 Å². The quantitative estimate of drug-likeness (QED) is 0.654. The van der Waals surface area contributed by atoms with E-state index >= 15 is 0 Å². The Morgan fingerprint density at radius 3 is 2.68 bits per heavy atom. The minimum Gasteiger partial charge on any atom is -0.376 e. The summed E-state index contributed by atoms with van der Waals surface area (Å²) in [6.07, 6.45) is 1.97. The first-order chi connectivity index (χ1) is 14.9. The summed E-state index contributed by atoms with van der Waals surface area (Å²) in [5, 5.41) is 2.90. The van der Waals surface area contributed by atoms with Gasteiger partial charge >= 0.3 is 0 Å². The summed E-state index contributed by atoms with van der Waals surface area (Å²) in [6, 6.07) is 14.3. The molecule has 8 heteroatoms. The third kappa shape index (κ3) is 6.13. The molecule has 2 aliphatic rings. The number of carbonyl (C=O) groups is 1. The van der Waals surface area contributed by atoms with Gasteiger partial charge in [0.25, 0.3) is 5.91 Å². The summed E-state index contributed by atoms with van der Waals surface area (Å²) >= 11 is 0. The highest BCUT2D eigenvalue weighted by atomic mass is 32.2. The van der Waals surface area contributed by atoms with Crippen LogP contribution in [0.3, 0.4) is 0 Å². The zero-order chi connectivity index (χ0) is 21.8. The molecule has 7 nitrogen and oxygen atoms in total. The van der Waals surface area contributed by atoms with Crippen molar-refractivity contribution in [3.8, 4) is 0 Å². The molecule has 1 saturated heterocycles. The number of rotatable bonds is 8. The SMILES string of the molecule is CC1CN(Cc2cccc(CNC(=O)c3cccc(S(=O)(=O)NC4CC4)c3)c2)CCO1. The molecule has 1 aliphatic heterocycles. The molecule has 2 N–H and O–H groups in total. The lowest BCUT2D eigenvalue weighted by molar-refractivity contribution is -0.0212. The van der Waals surface area contributed by atoms with Crippen molar-refractivity contribution in [1.29, 1.82) is 0 Å². The molecule has 31 heavy (non-hydrogen) atoms. The number of morpholine rings is 1. The third-order valence-electron chi connectivity index (χ3n) is 5.48. The molecule has 1 unspecified atom stereocenters. The lowest BCUT2D eigenvalue weighted by atomic mass is 10.1. The monoisotopic (exact) mass is 443 g/mol. The number of benzene rings is 2. The van der Waals surface area contributed by atoms with Gasteiger partial charge in [-0.25, -0.2) is 13.1 Å². The van der Waals surface area contributed by atoms with E-state index in [0.29, 0.717) is 12.1 Å². The molecule has 1 atom stereocenters. The predicted molar refractivity (Wildman–Crippen MR) is 118 cm³/mol. The van der Waals surface area contributed by atoms with E-state index in [1.165, 1.54) is 17.7 Å². The molecule has 2 aromatic carbocycles. The Morgan fingerprint density at radius 1 is 1.13 bits per heavy atom. The summed E-state index contributed by atoms with van der Waals surface area (Å²) < 4.78 is 33.0. The molecular formula is C23H29N3O4S. The van der Waals surface area contributed by atoms with E-state index in [1.54, 1.807) is 12.1 Å². The number of carbonyl (C=O) groups excluding carboxylic acids is 1. The van der Waals surface area contributed by atoms with Gasteiger partial charge in [-0.1, -0.05) is 30.3 Å². The van der Waals surface area contributed by atoms with Crippen LogP contribution in [-0.2, 0) is 27.8 Å². The number of ether oxygens (including phenoxy) is 1. The molecule has 1 amide bonds. The average molecular weight is 444 g/mol. The summed E-state index contributed by atoms with van der Waals surface area (Å²) in [5.74, 6) is -0.295. The van der Waals surface area contributed by atoms with Crippen molar-refractivity contribution in [3.05, 3.63) is 65.2 Å².